The SMILES string of the molecule is COC(=O)c1cn(Cc2ccccc2Cl)cc2c(=O)n(-c3ccccc3C)nc1-2. The van der Waals surface area contributed by atoms with Crippen LogP contribution >= 0.6 is 11.6 Å². The van der Waals surface area contributed by atoms with Gasteiger partial charge in [-0.1, -0.05) is 48.0 Å². The fourth-order valence-corrected chi connectivity index (χ4v) is 3.49. The van der Waals surface area contributed by atoms with E-state index >= 15 is 0 Å². The third-order valence-corrected chi connectivity index (χ3v) is 5.15. The van der Waals surface area contributed by atoms with Crippen molar-refractivity contribution < 1.29 is 9.53 Å². The van der Waals surface area contributed by atoms with E-state index < -0.39 is 5.97 Å². The molecule has 0 atom stereocenters. The number of methoxy groups -OCH3 is 1. The highest BCUT2D eigenvalue weighted by Crippen LogP contribution is 2.25. The first-order valence-electron chi connectivity index (χ1n) is 9.00. The number of carbonyl (C=O) groups excluding carboxylic acids is 1. The molecule has 0 N–H and O–H groups in total. The van der Waals surface area contributed by atoms with E-state index in [4.69, 9.17) is 16.3 Å². The molecule has 2 aliphatic heterocycles. The third kappa shape index (κ3) is 3.43. The number of halogens is 1. The maximum absolute atomic E-state index is 13.1. The van der Waals surface area contributed by atoms with Crippen molar-refractivity contribution in [1.82, 2.24) is 14.3 Å². The lowest BCUT2D eigenvalue weighted by atomic mass is 10.1. The second kappa shape index (κ2) is 7.56. The topological polar surface area (TPSA) is 66.1 Å². The number of carbonyl (C=O) groups is 1. The summed E-state index contributed by atoms with van der Waals surface area (Å²) < 4.78 is 8.00. The molecule has 2 aromatic rings. The van der Waals surface area contributed by atoms with E-state index in [-0.39, 0.29) is 11.1 Å². The minimum absolute atomic E-state index is 0.224. The molecule has 29 heavy (non-hydrogen) atoms. The Kier molecular flexibility index (Phi) is 4.94. The van der Waals surface area contributed by atoms with Crippen LogP contribution in [0.5, 0.6) is 0 Å². The fraction of sp³-hybridized carbons (Fsp3) is 0.136. The minimum Gasteiger partial charge on any atom is -0.465 e. The van der Waals surface area contributed by atoms with Crippen molar-refractivity contribution in [3.05, 3.63) is 93.0 Å². The van der Waals surface area contributed by atoms with Gasteiger partial charge in [-0.3, -0.25) is 4.79 Å². The van der Waals surface area contributed by atoms with Crippen LogP contribution in [0, 0.1) is 6.92 Å². The Morgan fingerprint density at radius 1 is 1.10 bits per heavy atom. The third-order valence-electron chi connectivity index (χ3n) is 4.78. The largest absolute Gasteiger partial charge is 0.465 e. The average Bonchev–Trinajstić information content (AvgIpc) is 3.05. The summed E-state index contributed by atoms with van der Waals surface area (Å²) >= 11 is 6.27. The number of esters is 1. The number of fused-ring (bicyclic) bond motifs is 1. The summed E-state index contributed by atoms with van der Waals surface area (Å²) in [5.74, 6) is -0.557. The number of pyridine rings is 1. The lowest BCUT2D eigenvalue weighted by Crippen LogP contribution is -2.16. The normalized spacial score (nSPS) is 11.0. The molecule has 0 radical (unpaired) electrons. The van der Waals surface area contributed by atoms with Crippen LogP contribution < -0.4 is 5.56 Å². The molecule has 0 bridgehead atoms. The maximum atomic E-state index is 13.1. The molecule has 6 nitrogen and oxygen atoms in total. The summed E-state index contributed by atoms with van der Waals surface area (Å²) in [6, 6.07) is 14.9. The molecule has 7 heteroatoms. The van der Waals surface area contributed by atoms with E-state index in [1.54, 1.807) is 23.0 Å². The highest BCUT2D eigenvalue weighted by molar-refractivity contribution is 6.31. The zero-order valence-electron chi connectivity index (χ0n) is 15.9. The van der Waals surface area contributed by atoms with Crippen LogP contribution in [0.25, 0.3) is 16.9 Å². The van der Waals surface area contributed by atoms with Crippen LogP contribution in [0.2, 0.25) is 5.02 Å². The number of nitrogens with zero attached hydrogens (tertiary/aromatic N) is 3. The van der Waals surface area contributed by atoms with Gasteiger partial charge in [0.05, 0.1) is 18.4 Å². The number of rotatable bonds is 4. The van der Waals surface area contributed by atoms with Crippen molar-refractivity contribution in [2.75, 3.05) is 7.11 Å². The smallest absolute Gasteiger partial charge is 0.341 e. The Labute approximate surface area is 172 Å². The molecule has 0 saturated heterocycles. The summed E-state index contributed by atoms with van der Waals surface area (Å²) in [5, 5.41) is 5.05. The second-order valence-electron chi connectivity index (χ2n) is 6.69. The standard InChI is InChI=1S/C22H18ClN3O3/c1-14-7-3-6-10-19(14)26-21(27)16-12-25(11-15-8-4-5-9-18(15)23)13-17(20(16)24-26)22(28)29-2/h3-10,12-13H,11H2,1-2H3. The van der Waals surface area contributed by atoms with Gasteiger partial charge < -0.3 is 9.30 Å². The summed E-state index contributed by atoms with van der Waals surface area (Å²) in [7, 11) is 1.30. The predicted molar refractivity (Wildman–Crippen MR) is 111 cm³/mol. The van der Waals surface area contributed by atoms with Crippen molar-refractivity contribution in [1.29, 1.82) is 0 Å². The van der Waals surface area contributed by atoms with E-state index in [9.17, 15) is 9.59 Å². The number of aromatic nitrogens is 3. The molecule has 2 heterocycles. The molecule has 0 fully saturated rings. The van der Waals surface area contributed by atoms with Crippen molar-refractivity contribution in [3.63, 3.8) is 0 Å². The van der Waals surface area contributed by atoms with Crippen molar-refractivity contribution >= 4 is 17.6 Å². The Bertz CT molecular complexity index is 1240. The van der Waals surface area contributed by atoms with Gasteiger partial charge in [0.1, 0.15) is 11.3 Å². The Morgan fingerprint density at radius 3 is 2.55 bits per heavy atom. The lowest BCUT2D eigenvalue weighted by molar-refractivity contribution is 0.0600. The molecular weight excluding hydrogens is 390 g/mol. The van der Waals surface area contributed by atoms with E-state index in [2.05, 4.69) is 5.10 Å². The maximum Gasteiger partial charge on any atom is 0.341 e. The van der Waals surface area contributed by atoms with Crippen LogP contribution in [0.1, 0.15) is 21.5 Å². The summed E-state index contributed by atoms with van der Waals surface area (Å²) in [4.78, 5) is 25.5. The number of ether oxygens (including phenoxy) is 1. The monoisotopic (exact) mass is 407 g/mol. The molecule has 146 valence electrons. The Hall–Kier alpha value is -3.38. The zero-order chi connectivity index (χ0) is 20.5. The first kappa shape index (κ1) is 19.0. The van der Waals surface area contributed by atoms with Gasteiger partial charge in [0.15, 0.2) is 0 Å². The van der Waals surface area contributed by atoms with Crippen molar-refractivity contribution in [2.24, 2.45) is 0 Å². The number of para-hydroxylation sites is 1. The van der Waals surface area contributed by atoms with Gasteiger partial charge in [0.25, 0.3) is 5.56 Å². The van der Waals surface area contributed by atoms with Crippen LogP contribution in [0.3, 0.4) is 0 Å². The summed E-state index contributed by atoms with van der Waals surface area (Å²) in [6.07, 6.45) is 3.32. The lowest BCUT2D eigenvalue weighted by Gasteiger charge is -2.12. The quantitative estimate of drug-likeness (QED) is 0.481. The molecule has 0 amide bonds. The molecular formula is C22H18ClN3O3. The molecule has 0 aliphatic carbocycles. The van der Waals surface area contributed by atoms with Gasteiger partial charge in [0.2, 0.25) is 0 Å². The highest BCUT2D eigenvalue weighted by atomic mass is 35.5. The van der Waals surface area contributed by atoms with E-state index in [0.717, 1.165) is 11.1 Å². The molecule has 0 spiro atoms. The summed E-state index contributed by atoms with van der Waals surface area (Å²) in [5.41, 5.74) is 3.01. The number of hydrogen-bond donors (Lipinski definition) is 0. The number of aryl methyl sites for hydroxylation is 1. The highest BCUT2D eigenvalue weighted by Gasteiger charge is 2.25. The molecule has 0 saturated carbocycles. The zero-order valence-corrected chi connectivity index (χ0v) is 16.7. The Balaban J connectivity index is 1.92. The van der Waals surface area contributed by atoms with Gasteiger partial charge in [-0.2, -0.15) is 9.78 Å². The van der Waals surface area contributed by atoms with Gasteiger partial charge in [0, 0.05) is 24.0 Å². The predicted octanol–water partition coefficient (Wildman–Crippen LogP) is 3.94. The molecule has 2 aromatic carbocycles. The minimum atomic E-state index is -0.557. The van der Waals surface area contributed by atoms with Crippen LogP contribution in [-0.4, -0.2) is 27.4 Å². The van der Waals surface area contributed by atoms with E-state index in [1.807, 2.05) is 49.4 Å². The van der Waals surface area contributed by atoms with Gasteiger partial charge in [-0.05, 0) is 30.2 Å². The van der Waals surface area contributed by atoms with Crippen LogP contribution in [-0.2, 0) is 11.3 Å². The van der Waals surface area contributed by atoms with Crippen molar-refractivity contribution in [2.45, 2.75) is 13.5 Å². The number of hydrogen-bond acceptors (Lipinski definition) is 4. The van der Waals surface area contributed by atoms with E-state index in [0.29, 0.717) is 28.5 Å². The average molecular weight is 408 g/mol. The number of benzene rings is 2. The van der Waals surface area contributed by atoms with E-state index in [1.165, 1.54) is 11.8 Å². The molecule has 4 rings (SSSR count). The fourth-order valence-electron chi connectivity index (χ4n) is 3.30. The second-order valence-corrected chi connectivity index (χ2v) is 7.10. The first-order valence-corrected chi connectivity index (χ1v) is 9.38. The van der Waals surface area contributed by atoms with Gasteiger partial charge in [-0.15, -0.1) is 0 Å². The van der Waals surface area contributed by atoms with Crippen molar-refractivity contribution in [3.8, 4) is 16.9 Å². The van der Waals surface area contributed by atoms with Crippen LogP contribution in [0.15, 0.2) is 65.7 Å². The van der Waals surface area contributed by atoms with Gasteiger partial charge >= 0.3 is 5.97 Å². The first-order chi connectivity index (χ1) is 14.0. The van der Waals surface area contributed by atoms with Crippen LogP contribution in [0.4, 0.5) is 0 Å². The molecule has 2 aliphatic rings. The molecule has 0 unspecified atom stereocenters. The molecule has 0 aromatic heterocycles. The van der Waals surface area contributed by atoms with Gasteiger partial charge in [-0.25, -0.2) is 4.79 Å². The Morgan fingerprint density at radius 2 is 1.83 bits per heavy atom. The summed E-state index contributed by atoms with van der Waals surface area (Å²) in [6.45, 7) is 2.30.